The van der Waals surface area contributed by atoms with Crippen molar-refractivity contribution in [1.29, 1.82) is 0 Å². The van der Waals surface area contributed by atoms with Gasteiger partial charge in [0, 0.05) is 43.0 Å². The monoisotopic (exact) mass is 402 g/mol. The first-order chi connectivity index (χ1) is 14.5. The van der Waals surface area contributed by atoms with E-state index in [1.807, 2.05) is 37.4 Å². The molecule has 3 aromatic rings. The van der Waals surface area contributed by atoms with E-state index in [-0.39, 0.29) is 37.1 Å². The number of imide groups is 1. The van der Waals surface area contributed by atoms with Crippen LogP contribution < -0.4 is 5.32 Å². The Kier molecular flexibility index (Phi) is 5.43. The maximum Gasteiger partial charge on any atom is 0.255 e. The van der Waals surface area contributed by atoms with Crippen LogP contribution in [-0.4, -0.2) is 32.2 Å². The van der Waals surface area contributed by atoms with Crippen molar-refractivity contribution in [1.82, 2.24) is 14.5 Å². The summed E-state index contributed by atoms with van der Waals surface area (Å²) in [7, 11) is 0. The summed E-state index contributed by atoms with van der Waals surface area (Å²) in [5.74, 6) is 0.448. The van der Waals surface area contributed by atoms with Crippen molar-refractivity contribution in [3.8, 4) is 0 Å². The Hall–Kier alpha value is -3.74. The fraction of sp³-hybridized carbons (Fsp3) is 0.217. The minimum absolute atomic E-state index is 0.145. The predicted octanol–water partition coefficient (Wildman–Crippen LogP) is 3.14. The van der Waals surface area contributed by atoms with Gasteiger partial charge in [-0.3, -0.25) is 19.3 Å². The Bertz CT molecular complexity index is 1070. The first kappa shape index (κ1) is 19.6. The second kappa shape index (κ2) is 8.32. The number of aromatic nitrogens is 2. The normalized spacial score (nSPS) is 13.7. The Balaban J connectivity index is 1.36. The minimum atomic E-state index is -0.215. The molecule has 0 aliphatic carbocycles. The summed E-state index contributed by atoms with van der Waals surface area (Å²) in [4.78, 5) is 41.5. The molecule has 1 N–H and O–H groups in total. The molecule has 0 saturated carbocycles. The van der Waals surface area contributed by atoms with Crippen LogP contribution in [0.4, 0.5) is 5.69 Å². The third-order valence-corrected chi connectivity index (χ3v) is 5.20. The third kappa shape index (κ3) is 4.30. The molecule has 2 heterocycles. The standard InChI is InChI=1S/C23H22N4O3/c1-16-24-12-13-26(16)14-17-4-8-20(9-5-17)25-23(30)19-6-2-18(3-7-19)15-27-21(28)10-11-22(27)29/h2-9,12-13H,10-11,14-15H2,1H3,(H,25,30). The zero-order chi connectivity index (χ0) is 21.1. The van der Waals surface area contributed by atoms with Gasteiger partial charge in [0.05, 0.1) is 6.54 Å². The number of carbonyl (C=O) groups excluding carboxylic acids is 3. The van der Waals surface area contributed by atoms with Crippen molar-refractivity contribution >= 4 is 23.4 Å². The van der Waals surface area contributed by atoms with Crippen LogP contribution in [0.15, 0.2) is 60.9 Å². The molecule has 7 nitrogen and oxygen atoms in total. The summed E-state index contributed by atoms with van der Waals surface area (Å²) < 4.78 is 2.05. The van der Waals surface area contributed by atoms with Crippen molar-refractivity contribution in [2.75, 3.05) is 5.32 Å². The fourth-order valence-corrected chi connectivity index (χ4v) is 3.41. The first-order valence-corrected chi connectivity index (χ1v) is 9.80. The highest BCUT2D eigenvalue weighted by molar-refractivity contribution is 6.04. The molecule has 3 amide bonds. The lowest BCUT2D eigenvalue weighted by Crippen LogP contribution is -2.28. The Morgan fingerprint density at radius 2 is 1.53 bits per heavy atom. The molecule has 1 aromatic heterocycles. The maximum atomic E-state index is 12.5. The minimum Gasteiger partial charge on any atom is -0.331 e. The average molecular weight is 402 g/mol. The summed E-state index contributed by atoms with van der Waals surface area (Å²) in [5, 5.41) is 2.89. The van der Waals surface area contributed by atoms with E-state index >= 15 is 0 Å². The number of anilines is 1. The molecule has 30 heavy (non-hydrogen) atoms. The van der Waals surface area contributed by atoms with Gasteiger partial charge in [-0.25, -0.2) is 4.98 Å². The molecule has 1 aliphatic heterocycles. The van der Waals surface area contributed by atoms with Gasteiger partial charge in [0.15, 0.2) is 0 Å². The van der Waals surface area contributed by atoms with Gasteiger partial charge in [-0.05, 0) is 42.3 Å². The van der Waals surface area contributed by atoms with E-state index in [9.17, 15) is 14.4 Å². The average Bonchev–Trinajstić information content (AvgIpc) is 3.29. The highest BCUT2D eigenvalue weighted by atomic mass is 16.2. The highest BCUT2D eigenvalue weighted by Crippen LogP contribution is 2.17. The number of aryl methyl sites for hydroxylation is 1. The fourth-order valence-electron chi connectivity index (χ4n) is 3.41. The molecule has 2 aromatic carbocycles. The van der Waals surface area contributed by atoms with Crippen molar-refractivity contribution in [3.63, 3.8) is 0 Å². The molecule has 7 heteroatoms. The summed E-state index contributed by atoms with van der Waals surface area (Å²) >= 11 is 0. The van der Waals surface area contributed by atoms with Gasteiger partial charge in [-0.15, -0.1) is 0 Å². The van der Waals surface area contributed by atoms with E-state index in [1.165, 1.54) is 4.90 Å². The molecular formula is C23H22N4O3. The highest BCUT2D eigenvalue weighted by Gasteiger charge is 2.28. The number of nitrogens with one attached hydrogen (secondary N) is 1. The van der Waals surface area contributed by atoms with Gasteiger partial charge >= 0.3 is 0 Å². The lowest BCUT2D eigenvalue weighted by Gasteiger charge is -2.14. The maximum absolute atomic E-state index is 12.5. The van der Waals surface area contributed by atoms with E-state index in [2.05, 4.69) is 14.9 Å². The van der Waals surface area contributed by atoms with Gasteiger partial charge < -0.3 is 9.88 Å². The van der Waals surface area contributed by atoms with Crippen LogP contribution in [0.2, 0.25) is 0 Å². The van der Waals surface area contributed by atoms with E-state index < -0.39 is 0 Å². The SMILES string of the molecule is Cc1nccn1Cc1ccc(NC(=O)c2ccc(CN3C(=O)CCC3=O)cc2)cc1. The van der Waals surface area contributed by atoms with Crippen molar-refractivity contribution in [2.45, 2.75) is 32.9 Å². The molecular weight excluding hydrogens is 380 g/mol. The molecule has 0 bridgehead atoms. The summed E-state index contributed by atoms with van der Waals surface area (Å²) in [5.41, 5.74) is 3.15. The van der Waals surface area contributed by atoms with Crippen molar-refractivity contribution < 1.29 is 14.4 Å². The van der Waals surface area contributed by atoms with Gasteiger partial charge in [0.2, 0.25) is 11.8 Å². The third-order valence-electron chi connectivity index (χ3n) is 5.20. The van der Waals surface area contributed by atoms with E-state index in [4.69, 9.17) is 0 Å². The van der Waals surface area contributed by atoms with Crippen molar-refractivity contribution in [3.05, 3.63) is 83.4 Å². The van der Waals surface area contributed by atoms with Crippen LogP contribution in [0.5, 0.6) is 0 Å². The van der Waals surface area contributed by atoms with Crippen LogP contribution in [0.1, 0.15) is 40.2 Å². The van der Waals surface area contributed by atoms with E-state index in [0.29, 0.717) is 11.3 Å². The number of nitrogens with zero attached hydrogens (tertiary/aromatic N) is 3. The van der Waals surface area contributed by atoms with Gasteiger partial charge in [0.1, 0.15) is 5.82 Å². The predicted molar refractivity (Wildman–Crippen MR) is 112 cm³/mol. The van der Waals surface area contributed by atoms with Crippen molar-refractivity contribution in [2.24, 2.45) is 0 Å². The van der Waals surface area contributed by atoms with E-state index in [0.717, 1.165) is 23.5 Å². The largest absolute Gasteiger partial charge is 0.331 e. The number of hydrogen-bond acceptors (Lipinski definition) is 4. The van der Waals surface area contributed by atoms with Crippen LogP contribution in [0.25, 0.3) is 0 Å². The molecule has 152 valence electrons. The van der Waals surface area contributed by atoms with Crippen LogP contribution >= 0.6 is 0 Å². The topological polar surface area (TPSA) is 84.3 Å². The van der Waals surface area contributed by atoms with Crippen LogP contribution in [0.3, 0.4) is 0 Å². The zero-order valence-electron chi connectivity index (χ0n) is 16.7. The Labute approximate surface area is 174 Å². The number of imidazole rings is 1. The lowest BCUT2D eigenvalue weighted by molar-refractivity contribution is -0.139. The van der Waals surface area contributed by atoms with Gasteiger partial charge in [-0.1, -0.05) is 24.3 Å². The Morgan fingerprint density at radius 1 is 0.933 bits per heavy atom. The van der Waals surface area contributed by atoms with Crippen LogP contribution in [-0.2, 0) is 22.7 Å². The smallest absolute Gasteiger partial charge is 0.255 e. The molecule has 1 saturated heterocycles. The summed E-state index contributed by atoms with van der Waals surface area (Å²) in [6, 6.07) is 14.6. The van der Waals surface area contributed by atoms with E-state index in [1.54, 1.807) is 30.5 Å². The molecule has 0 unspecified atom stereocenters. The molecule has 4 rings (SSSR count). The van der Waals surface area contributed by atoms with Gasteiger partial charge in [0.25, 0.3) is 5.91 Å². The quantitative estimate of drug-likeness (QED) is 0.642. The molecule has 0 radical (unpaired) electrons. The number of hydrogen-bond donors (Lipinski definition) is 1. The molecule has 0 atom stereocenters. The summed E-state index contributed by atoms with van der Waals surface area (Å²) in [6.45, 7) is 2.93. The lowest BCUT2D eigenvalue weighted by atomic mass is 10.1. The molecule has 0 spiro atoms. The first-order valence-electron chi connectivity index (χ1n) is 9.80. The van der Waals surface area contributed by atoms with Crippen LogP contribution in [0, 0.1) is 6.92 Å². The van der Waals surface area contributed by atoms with Gasteiger partial charge in [-0.2, -0.15) is 0 Å². The zero-order valence-corrected chi connectivity index (χ0v) is 16.7. The number of benzene rings is 2. The number of carbonyl (C=O) groups is 3. The number of rotatable bonds is 6. The Morgan fingerprint density at radius 3 is 2.13 bits per heavy atom. The molecule has 1 fully saturated rings. The number of likely N-dealkylation sites (tertiary alicyclic amines) is 1. The second-order valence-electron chi connectivity index (χ2n) is 7.32. The number of amides is 3. The second-order valence-corrected chi connectivity index (χ2v) is 7.32. The summed E-state index contributed by atoms with van der Waals surface area (Å²) in [6.07, 6.45) is 4.26. The molecule has 1 aliphatic rings.